The van der Waals surface area contributed by atoms with Crippen LogP contribution in [-0.2, 0) is 9.59 Å². The van der Waals surface area contributed by atoms with Crippen molar-refractivity contribution in [2.45, 2.75) is 39.2 Å². The minimum atomic E-state index is -0.928. The Hall–Kier alpha value is -1.10. The van der Waals surface area contributed by atoms with Crippen LogP contribution < -0.4 is 0 Å². The number of carboxylic acids is 1. The third-order valence-electron chi connectivity index (χ3n) is 3.64. The molecule has 1 saturated heterocycles. The second kappa shape index (κ2) is 5.69. The van der Waals surface area contributed by atoms with Gasteiger partial charge in [0.15, 0.2) is 0 Å². The molecule has 1 amide bonds. The number of likely N-dealkylation sites (N-methyl/N-ethyl adjacent to an activating group) is 2. The molecule has 18 heavy (non-hydrogen) atoms. The maximum Gasteiger partial charge on any atom is 0.304 e. The summed E-state index contributed by atoms with van der Waals surface area (Å²) >= 11 is 0. The third-order valence-corrected chi connectivity index (χ3v) is 3.64. The van der Waals surface area contributed by atoms with Crippen LogP contribution in [0.3, 0.4) is 0 Å². The van der Waals surface area contributed by atoms with Crippen LogP contribution in [0.1, 0.15) is 33.1 Å². The summed E-state index contributed by atoms with van der Waals surface area (Å²) in [6.45, 7) is 5.33. The molecule has 5 nitrogen and oxygen atoms in total. The van der Waals surface area contributed by atoms with Gasteiger partial charge in [-0.1, -0.05) is 13.8 Å². The lowest BCUT2D eigenvalue weighted by Crippen LogP contribution is -2.51. The van der Waals surface area contributed by atoms with Crippen molar-refractivity contribution in [3.05, 3.63) is 0 Å². The molecule has 0 spiro atoms. The van der Waals surface area contributed by atoms with Crippen LogP contribution in [0.4, 0.5) is 0 Å². The molecule has 0 bridgehead atoms. The molecule has 0 aromatic carbocycles. The Bertz CT molecular complexity index is 328. The van der Waals surface area contributed by atoms with E-state index < -0.39 is 11.4 Å². The van der Waals surface area contributed by atoms with Crippen molar-refractivity contribution >= 4 is 11.9 Å². The average molecular weight is 256 g/mol. The topological polar surface area (TPSA) is 60.9 Å². The van der Waals surface area contributed by atoms with Crippen molar-refractivity contribution in [2.24, 2.45) is 5.41 Å². The van der Waals surface area contributed by atoms with Crippen molar-refractivity contribution in [2.75, 3.05) is 27.2 Å². The monoisotopic (exact) mass is 256 g/mol. The molecule has 0 radical (unpaired) electrons. The molecule has 1 unspecified atom stereocenters. The average Bonchev–Trinajstić information content (AvgIpc) is 2.25. The summed E-state index contributed by atoms with van der Waals surface area (Å²) in [5, 5.41) is 8.85. The highest BCUT2D eigenvalue weighted by Crippen LogP contribution is 2.25. The van der Waals surface area contributed by atoms with Gasteiger partial charge in [-0.15, -0.1) is 0 Å². The fourth-order valence-electron chi connectivity index (χ4n) is 2.55. The molecule has 0 saturated carbocycles. The van der Waals surface area contributed by atoms with Crippen LogP contribution in [-0.4, -0.2) is 60.0 Å². The minimum absolute atomic E-state index is 0.0785. The summed E-state index contributed by atoms with van der Waals surface area (Å²) in [4.78, 5) is 27.1. The van der Waals surface area contributed by atoms with E-state index in [-0.39, 0.29) is 18.4 Å². The summed E-state index contributed by atoms with van der Waals surface area (Å²) in [6, 6.07) is 0.198. The standard InChI is InChI=1S/C13H24N2O3/c1-13(2,8-11(16)17)12(18)15(4)10-6-5-7-14(3)9-10/h10H,5-9H2,1-4H3,(H,16,17). The molecule has 5 heteroatoms. The molecular weight excluding hydrogens is 232 g/mol. The summed E-state index contributed by atoms with van der Waals surface area (Å²) in [6.07, 6.45) is 1.95. The van der Waals surface area contributed by atoms with Gasteiger partial charge in [0.25, 0.3) is 0 Å². The fourth-order valence-corrected chi connectivity index (χ4v) is 2.55. The van der Waals surface area contributed by atoms with Crippen LogP contribution in [0, 0.1) is 5.41 Å². The van der Waals surface area contributed by atoms with Crippen molar-refractivity contribution in [3.8, 4) is 0 Å². The van der Waals surface area contributed by atoms with Crippen LogP contribution in [0.5, 0.6) is 0 Å². The largest absolute Gasteiger partial charge is 0.481 e. The number of carboxylic acid groups (broad SMARTS) is 1. The number of piperidine rings is 1. The maximum absolute atomic E-state index is 12.4. The van der Waals surface area contributed by atoms with E-state index in [1.165, 1.54) is 0 Å². The van der Waals surface area contributed by atoms with Gasteiger partial charge in [-0.3, -0.25) is 9.59 Å². The first kappa shape index (κ1) is 15.0. The molecule has 0 aromatic heterocycles. The first-order chi connectivity index (χ1) is 8.24. The molecular formula is C13H24N2O3. The Kier molecular flexibility index (Phi) is 4.73. The Morgan fingerprint density at radius 2 is 2.06 bits per heavy atom. The number of aliphatic carboxylic acids is 1. The highest BCUT2D eigenvalue weighted by atomic mass is 16.4. The van der Waals surface area contributed by atoms with Gasteiger partial charge in [0.05, 0.1) is 11.8 Å². The number of likely N-dealkylation sites (tertiary alicyclic amines) is 1. The predicted octanol–water partition coefficient (Wildman–Crippen LogP) is 1.04. The van der Waals surface area contributed by atoms with Gasteiger partial charge in [0, 0.05) is 19.6 Å². The third kappa shape index (κ3) is 3.70. The van der Waals surface area contributed by atoms with E-state index in [1.54, 1.807) is 25.8 Å². The zero-order valence-corrected chi connectivity index (χ0v) is 11.8. The highest BCUT2D eigenvalue weighted by molar-refractivity contribution is 5.86. The second-order valence-electron chi connectivity index (χ2n) is 5.93. The van der Waals surface area contributed by atoms with Gasteiger partial charge in [-0.2, -0.15) is 0 Å². The molecule has 1 fully saturated rings. The van der Waals surface area contributed by atoms with Gasteiger partial charge < -0.3 is 14.9 Å². The van der Waals surface area contributed by atoms with Crippen LogP contribution >= 0.6 is 0 Å². The smallest absolute Gasteiger partial charge is 0.304 e. The summed E-state index contributed by atoms with van der Waals surface area (Å²) in [7, 11) is 3.84. The summed E-state index contributed by atoms with van der Waals surface area (Å²) in [5.74, 6) is -1.01. The lowest BCUT2D eigenvalue weighted by molar-refractivity contribution is -0.150. The van der Waals surface area contributed by atoms with Gasteiger partial charge in [0.2, 0.25) is 5.91 Å². The first-order valence-corrected chi connectivity index (χ1v) is 6.41. The van der Waals surface area contributed by atoms with E-state index in [1.807, 2.05) is 7.05 Å². The normalized spacial score (nSPS) is 21.7. The number of nitrogens with zero attached hydrogens (tertiary/aromatic N) is 2. The number of carbonyl (C=O) groups excluding carboxylic acids is 1. The number of rotatable bonds is 4. The van der Waals surface area contributed by atoms with E-state index in [0.29, 0.717) is 0 Å². The lowest BCUT2D eigenvalue weighted by Gasteiger charge is -2.39. The summed E-state index contributed by atoms with van der Waals surface area (Å²) in [5.41, 5.74) is -0.837. The van der Waals surface area contributed by atoms with Gasteiger partial charge in [-0.25, -0.2) is 0 Å². The number of carbonyl (C=O) groups is 2. The fraction of sp³-hybridized carbons (Fsp3) is 0.846. The van der Waals surface area contributed by atoms with E-state index >= 15 is 0 Å². The minimum Gasteiger partial charge on any atom is -0.481 e. The van der Waals surface area contributed by atoms with Crippen LogP contribution in [0.15, 0.2) is 0 Å². The Balaban J connectivity index is 2.67. The van der Waals surface area contributed by atoms with Crippen LogP contribution in [0.25, 0.3) is 0 Å². The molecule has 1 rings (SSSR count). The molecule has 0 aromatic rings. The summed E-state index contributed by atoms with van der Waals surface area (Å²) < 4.78 is 0. The van der Waals surface area contributed by atoms with E-state index in [4.69, 9.17) is 5.11 Å². The van der Waals surface area contributed by atoms with E-state index in [9.17, 15) is 9.59 Å². The predicted molar refractivity (Wildman–Crippen MR) is 69.3 cm³/mol. The lowest BCUT2D eigenvalue weighted by atomic mass is 9.87. The van der Waals surface area contributed by atoms with E-state index in [2.05, 4.69) is 4.90 Å². The van der Waals surface area contributed by atoms with Gasteiger partial charge >= 0.3 is 5.97 Å². The van der Waals surface area contributed by atoms with Crippen molar-refractivity contribution in [1.29, 1.82) is 0 Å². The Labute approximate surface area is 109 Å². The number of hydrogen-bond donors (Lipinski definition) is 1. The van der Waals surface area contributed by atoms with Crippen LogP contribution in [0.2, 0.25) is 0 Å². The van der Waals surface area contributed by atoms with E-state index in [0.717, 1.165) is 25.9 Å². The van der Waals surface area contributed by atoms with Crippen molar-refractivity contribution < 1.29 is 14.7 Å². The molecule has 1 aliphatic heterocycles. The quantitative estimate of drug-likeness (QED) is 0.816. The first-order valence-electron chi connectivity index (χ1n) is 6.41. The van der Waals surface area contributed by atoms with Crippen molar-refractivity contribution in [3.63, 3.8) is 0 Å². The Morgan fingerprint density at radius 3 is 2.56 bits per heavy atom. The zero-order chi connectivity index (χ0) is 13.9. The van der Waals surface area contributed by atoms with Gasteiger partial charge in [-0.05, 0) is 26.4 Å². The highest BCUT2D eigenvalue weighted by Gasteiger charge is 2.36. The second-order valence-corrected chi connectivity index (χ2v) is 5.93. The molecule has 1 atom stereocenters. The molecule has 1 aliphatic rings. The molecule has 104 valence electrons. The number of hydrogen-bond acceptors (Lipinski definition) is 3. The molecule has 1 heterocycles. The SMILES string of the molecule is CN1CCCC(N(C)C(=O)C(C)(C)CC(=O)O)C1. The zero-order valence-electron chi connectivity index (χ0n) is 11.8. The maximum atomic E-state index is 12.4. The van der Waals surface area contributed by atoms with Crippen molar-refractivity contribution in [1.82, 2.24) is 9.80 Å². The van der Waals surface area contributed by atoms with Gasteiger partial charge in [0.1, 0.15) is 0 Å². The molecule has 1 N–H and O–H groups in total. The molecule has 0 aliphatic carbocycles. The Morgan fingerprint density at radius 1 is 1.44 bits per heavy atom. The number of amides is 1.